The number of nitrogens with two attached hydrogens (primary N) is 1. The van der Waals surface area contributed by atoms with E-state index in [0.29, 0.717) is 5.92 Å². The van der Waals surface area contributed by atoms with E-state index in [1.807, 2.05) is 0 Å². The summed E-state index contributed by atoms with van der Waals surface area (Å²) in [6.07, 6.45) is 5.51. The lowest BCUT2D eigenvalue weighted by molar-refractivity contribution is 0.117. The number of rotatable bonds is 7. The fourth-order valence-electron chi connectivity index (χ4n) is 3.95. The Kier molecular flexibility index (Phi) is 6.93. The van der Waals surface area contributed by atoms with Crippen LogP contribution >= 0.6 is 11.3 Å². The van der Waals surface area contributed by atoms with Gasteiger partial charge in [0.1, 0.15) is 0 Å². The molecule has 3 atom stereocenters. The van der Waals surface area contributed by atoms with E-state index in [9.17, 15) is 5.11 Å². The van der Waals surface area contributed by atoms with Crippen LogP contribution in [0.25, 0.3) is 5.57 Å². The van der Waals surface area contributed by atoms with Crippen LogP contribution in [0, 0.1) is 11.3 Å². The lowest BCUT2D eigenvalue weighted by Gasteiger charge is -2.38. The first-order chi connectivity index (χ1) is 11.8. The maximum Gasteiger partial charge on any atom is 0.0818 e. The monoisotopic (exact) mass is 361 g/mol. The summed E-state index contributed by atoms with van der Waals surface area (Å²) in [7, 11) is 0. The van der Waals surface area contributed by atoms with Crippen LogP contribution in [0.1, 0.15) is 78.7 Å². The van der Waals surface area contributed by atoms with Crippen LogP contribution in [0.15, 0.2) is 33.7 Å². The van der Waals surface area contributed by atoms with Crippen LogP contribution in [0.2, 0.25) is 0 Å². The first-order valence-electron chi connectivity index (χ1n) is 9.76. The third kappa shape index (κ3) is 4.57. The molecule has 3 N–H and O–H groups in total. The topological polar surface area (TPSA) is 46.2 Å². The largest absolute Gasteiger partial charge is 0.402 e. The van der Waals surface area contributed by atoms with Gasteiger partial charge in [0.15, 0.2) is 0 Å². The molecule has 1 heterocycles. The predicted octanol–water partition coefficient (Wildman–Crippen LogP) is 6.13. The van der Waals surface area contributed by atoms with E-state index in [0.717, 1.165) is 43.4 Å². The molecule has 0 radical (unpaired) electrons. The lowest BCUT2D eigenvalue weighted by atomic mass is 9.69. The van der Waals surface area contributed by atoms with Gasteiger partial charge < -0.3 is 10.8 Å². The number of hydrogen-bond acceptors (Lipinski definition) is 3. The van der Waals surface area contributed by atoms with Crippen molar-refractivity contribution in [1.29, 1.82) is 0 Å². The number of aliphatic hydroxyl groups is 1. The third-order valence-electron chi connectivity index (χ3n) is 5.99. The minimum atomic E-state index is -0.466. The molecule has 0 bridgehead atoms. The van der Waals surface area contributed by atoms with E-state index in [-0.39, 0.29) is 5.41 Å². The second-order valence-corrected chi connectivity index (χ2v) is 8.84. The molecular formula is C22H35NOS. The Bertz CT molecular complexity index is 628. The van der Waals surface area contributed by atoms with Crippen molar-refractivity contribution in [1.82, 2.24) is 0 Å². The van der Waals surface area contributed by atoms with Gasteiger partial charge in [0.2, 0.25) is 0 Å². The van der Waals surface area contributed by atoms with Gasteiger partial charge in [0.25, 0.3) is 0 Å². The zero-order valence-electron chi connectivity index (χ0n) is 16.6. The van der Waals surface area contributed by atoms with E-state index in [1.54, 1.807) is 11.3 Å². The highest BCUT2D eigenvalue weighted by Gasteiger charge is 2.36. The van der Waals surface area contributed by atoms with Crippen LogP contribution in [0.4, 0.5) is 0 Å². The minimum absolute atomic E-state index is 0.107. The van der Waals surface area contributed by atoms with Gasteiger partial charge in [-0.05, 0) is 65.0 Å². The summed E-state index contributed by atoms with van der Waals surface area (Å²) in [5, 5.41) is 15.4. The number of hydrogen-bond donors (Lipinski definition) is 2. The van der Waals surface area contributed by atoms with Gasteiger partial charge in [-0.1, -0.05) is 53.0 Å². The summed E-state index contributed by atoms with van der Waals surface area (Å²) in [6, 6.07) is 2.17. The molecule has 0 saturated carbocycles. The molecule has 3 heteroatoms. The summed E-state index contributed by atoms with van der Waals surface area (Å²) in [4.78, 5) is 0. The van der Waals surface area contributed by atoms with Gasteiger partial charge in [0, 0.05) is 11.3 Å². The van der Waals surface area contributed by atoms with Crippen molar-refractivity contribution in [2.24, 2.45) is 17.1 Å². The molecule has 25 heavy (non-hydrogen) atoms. The van der Waals surface area contributed by atoms with Crippen molar-refractivity contribution in [2.75, 3.05) is 0 Å². The van der Waals surface area contributed by atoms with E-state index in [1.165, 1.54) is 23.1 Å². The molecule has 2 rings (SSSR count). The van der Waals surface area contributed by atoms with Gasteiger partial charge in [-0.25, -0.2) is 0 Å². The van der Waals surface area contributed by atoms with Crippen molar-refractivity contribution in [3.63, 3.8) is 0 Å². The summed E-state index contributed by atoms with van der Waals surface area (Å²) in [5.41, 5.74) is 12.5. The van der Waals surface area contributed by atoms with Gasteiger partial charge in [-0.2, -0.15) is 11.3 Å². The van der Waals surface area contributed by atoms with E-state index in [2.05, 4.69) is 51.4 Å². The van der Waals surface area contributed by atoms with E-state index >= 15 is 0 Å². The summed E-state index contributed by atoms with van der Waals surface area (Å²) >= 11 is 1.71. The summed E-state index contributed by atoms with van der Waals surface area (Å²) < 4.78 is 0. The molecule has 0 aliphatic heterocycles. The molecule has 0 fully saturated rings. The van der Waals surface area contributed by atoms with Crippen molar-refractivity contribution in [2.45, 2.75) is 79.2 Å². The molecule has 1 aliphatic carbocycles. The highest BCUT2D eigenvalue weighted by atomic mass is 32.1. The Morgan fingerprint density at radius 2 is 2.12 bits per heavy atom. The Balaban J connectivity index is 2.58. The summed E-state index contributed by atoms with van der Waals surface area (Å²) in [5.74, 6) is 0.645. The van der Waals surface area contributed by atoms with Crippen LogP contribution in [-0.2, 0) is 0 Å². The predicted molar refractivity (Wildman–Crippen MR) is 110 cm³/mol. The van der Waals surface area contributed by atoms with E-state index < -0.39 is 6.10 Å². The quantitative estimate of drug-likeness (QED) is 0.613. The van der Waals surface area contributed by atoms with Crippen LogP contribution < -0.4 is 5.73 Å². The molecule has 0 spiro atoms. The second kappa shape index (κ2) is 8.55. The zero-order chi connectivity index (χ0) is 18.6. The third-order valence-corrected chi connectivity index (χ3v) is 6.67. The van der Waals surface area contributed by atoms with Crippen LogP contribution in [0.5, 0.6) is 0 Å². The molecule has 2 nitrogen and oxygen atoms in total. The Morgan fingerprint density at radius 3 is 2.60 bits per heavy atom. The highest BCUT2D eigenvalue weighted by Crippen LogP contribution is 2.46. The fourth-order valence-corrected chi connectivity index (χ4v) is 4.60. The number of thiophene rings is 1. The van der Waals surface area contributed by atoms with Gasteiger partial charge in [0.05, 0.1) is 6.10 Å². The minimum Gasteiger partial charge on any atom is -0.402 e. The number of allylic oxidation sites excluding steroid dienone is 2. The molecule has 2 unspecified atom stereocenters. The highest BCUT2D eigenvalue weighted by molar-refractivity contribution is 7.08. The Labute approximate surface area is 157 Å². The number of aliphatic hydroxyl groups excluding tert-OH is 1. The van der Waals surface area contributed by atoms with Crippen molar-refractivity contribution in [3.8, 4) is 0 Å². The molecule has 0 amide bonds. The van der Waals surface area contributed by atoms with Gasteiger partial charge in [-0.15, -0.1) is 0 Å². The molecule has 0 saturated heterocycles. The lowest BCUT2D eigenvalue weighted by Crippen LogP contribution is -2.34. The van der Waals surface area contributed by atoms with Crippen molar-refractivity contribution >= 4 is 16.9 Å². The van der Waals surface area contributed by atoms with Gasteiger partial charge in [-0.3, -0.25) is 0 Å². The Morgan fingerprint density at radius 1 is 1.40 bits per heavy atom. The average molecular weight is 362 g/mol. The maximum atomic E-state index is 11.0. The van der Waals surface area contributed by atoms with Crippen molar-refractivity contribution < 1.29 is 5.11 Å². The maximum absolute atomic E-state index is 11.0. The first-order valence-corrected chi connectivity index (χ1v) is 10.7. The first kappa shape index (κ1) is 20.3. The second-order valence-electron chi connectivity index (χ2n) is 8.06. The summed E-state index contributed by atoms with van der Waals surface area (Å²) in [6.45, 7) is 11.2. The zero-order valence-corrected chi connectivity index (χ0v) is 17.4. The molecule has 1 aromatic rings. The SMILES string of the molecule is CC/C(CC(C)CC)=C(/C1=C(N)CC(C)(CC)C[C@@H]1O)c1ccsc1. The molecule has 1 aromatic heterocycles. The molecule has 0 aromatic carbocycles. The molecule has 140 valence electrons. The van der Waals surface area contributed by atoms with Gasteiger partial charge >= 0.3 is 0 Å². The molecule has 1 aliphatic rings. The van der Waals surface area contributed by atoms with Crippen LogP contribution in [0.3, 0.4) is 0 Å². The normalized spacial score (nSPS) is 26.6. The standard InChI is InChI=1S/C22H35NOS/c1-6-15(4)11-16(7-2)20(17-9-10-25-14-17)21-18(23)12-22(5,8-3)13-19(21)24/h9-10,14-15,19,24H,6-8,11-13,23H2,1-5H3/b20-16-/t15?,19-,22?/m0/s1. The average Bonchev–Trinajstić information content (AvgIpc) is 3.10. The van der Waals surface area contributed by atoms with Crippen LogP contribution in [-0.4, -0.2) is 11.2 Å². The Hall–Kier alpha value is -1.06. The smallest absolute Gasteiger partial charge is 0.0818 e. The van der Waals surface area contributed by atoms with Crippen molar-refractivity contribution in [3.05, 3.63) is 39.2 Å². The van der Waals surface area contributed by atoms with E-state index in [4.69, 9.17) is 5.73 Å². The molecular weight excluding hydrogens is 326 g/mol. The fraction of sp³-hybridized carbons (Fsp3) is 0.636.